The SMILES string of the molecule is COCCCC1CC(OCOC(C)OC)c2cc(S(N)(=O)=O)sc2S1. The van der Waals surface area contributed by atoms with Crippen LogP contribution in [-0.4, -0.2) is 47.6 Å². The van der Waals surface area contributed by atoms with Gasteiger partial charge in [-0.05, 0) is 32.3 Å². The summed E-state index contributed by atoms with van der Waals surface area (Å²) in [6, 6.07) is 1.62. The van der Waals surface area contributed by atoms with E-state index in [-0.39, 0.29) is 23.4 Å². The normalized spacial score (nSPS) is 21.9. The molecular formula is C15H25NO6S3. The van der Waals surface area contributed by atoms with E-state index in [4.69, 9.17) is 24.1 Å². The van der Waals surface area contributed by atoms with Crippen LogP contribution in [0.1, 0.15) is 37.9 Å². The molecule has 0 fully saturated rings. The molecule has 0 aromatic carbocycles. The van der Waals surface area contributed by atoms with Gasteiger partial charge < -0.3 is 18.9 Å². The first-order chi connectivity index (χ1) is 11.8. The third-order valence-corrected chi connectivity index (χ3v) is 7.97. The third kappa shape index (κ3) is 6.17. The van der Waals surface area contributed by atoms with Gasteiger partial charge in [0, 0.05) is 31.6 Å². The van der Waals surface area contributed by atoms with E-state index in [2.05, 4.69) is 0 Å². The lowest BCUT2D eigenvalue weighted by atomic mass is 10.0. The molecule has 3 unspecified atom stereocenters. The van der Waals surface area contributed by atoms with E-state index in [0.717, 1.165) is 29.0 Å². The van der Waals surface area contributed by atoms with Gasteiger partial charge >= 0.3 is 0 Å². The number of ether oxygens (including phenoxy) is 4. The minimum Gasteiger partial charge on any atom is -0.385 e. The highest BCUT2D eigenvalue weighted by atomic mass is 32.3. The fourth-order valence-corrected chi connectivity index (χ4v) is 6.36. The first kappa shape index (κ1) is 21.1. The molecule has 7 nitrogen and oxygen atoms in total. The summed E-state index contributed by atoms with van der Waals surface area (Å²) in [5.41, 5.74) is 0.871. The van der Waals surface area contributed by atoms with E-state index in [9.17, 15) is 8.42 Å². The van der Waals surface area contributed by atoms with Gasteiger partial charge in [-0.2, -0.15) is 0 Å². The van der Waals surface area contributed by atoms with Crippen molar-refractivity contribution >= 4 is 33.1 Å². The molecule has 0 aliphatic carbocycles. The predicted molar refractivity (Wildman–Crippen MR) is 97.3 cm³/mol. The smallest absolute Gasteiger partial charge is 0.247 e. The Bertz CT molecular complexity index is 648. The van der Waals surface area contributed by atoms with Crippen LogP contribution in [0, 0.1) is 0 Å². The average Bonchev–Trinajstić information content (AvgIpc) is 2.99. The molecule has 10 heteroatoms. The Morgan fingerprint density at radius 3 is 2.80 bits per heavy atom. The Hall–Kier alpha value is -0.200. The Labute approximate surface area is 157 Å². The number of nitrogens with two attached hydrogens (primary N) is 1. The number of fused-ring (bicyclic) bond motifs is 1. The van der Waals surface area contributed by atoms with E-state index in [1.807, 2.05) is 0 Å². The molecule has 0 spiro atoms. The summed E-state index contributed by atoms with van der Waals surface area (Å²) >= 11 is 2.90. The molecule has 0 saturated carbocycles. The van der Waals surface area contributed by atoms with Crippen molar-refractivity contribution in [3.8, 4) is 0 Å². The topological polar surface area (TPSA) is 97.1 Å². The van der Waals surface area contributed by atoms with Gasteiger partial charge in [-0.15, -0.1) is 23.1 Å². The number of methoxy groups -OCH3 is 2. The highest BCUT2D eigenvalue weighted by molar-refractivity contribution is 8.02. The first-order valence-corrected chi connectivity index (χ1v) is 11.2. The van der Waals surface area contributed by atoms with Crippen molar-refractivity contribution in [3.63, 3.8) is 0 Å². The molecule has 25 heavy (non-hydrogen) atoms. The van der Waals surface area contributed by atoms with Crippen molar-refractivity contribution < 1.29 is 27.4 Å². The number of hydrogen-bond acceptors (Lipinski definition) is 8. The van der Waals surface area contributed by atoms with Crippen LogP contribution in [0.3, 0.4) is 0 Å². The minimum atomic E-state index is -3.72. The van der Waals surface area contributed by atoms with Gasteiger partial charge in [0.05, 0.1) is 10.3 Å². The van der Waals surface area contributed by atoms with Crippen LogP contribution < -0.4 is 5.14 Å². The van der Waals surface area contributed by atoms with Gasteiger partial charge in [0.1, 0.15) is 4.21 Å². The van der Waals surface area contributed by atoms with E-state index >= 15 is 0 Å². The number of primary sulfonamides is 1. The Balaban J connectivity index is 2.11. The summed E-state index contributed by atoms with van der Waals surface area (Å²) in [7, 11) is -0.475. The van der Waals surface area contributed by atoms with Crippen LogP contribution in [0.25, 0.3) is 0 Å². The van der Waals surface area contributed by atoms with Crippen molar-refractivity contribution in [2.75, 3.05) is 27.6 Å². The van der Waals surface area contributed by atoms with Crippen molar-refractivity contribution in [3.05, 3.63) is 11.6 Å². The fraction of sp³-hybridized carbons (Fsp3) is 0.733. The monoisotopic (exact) mass is 411 g/mol. The van der Waals surface area contributed by atoms with Crippen LogP contribution in [0.5, 0.6) is 0 Å². The number of thiophene rings is 1. The molecule has 2 heterocycles. The molecule has 1 aromatic heterocycles. The molecule has 0 radical (unpaired) electrons. The van der Waals surface area contributed by atoms with E-state index in [1.54, 1.807) is 39.0 Å². The van der Waals surface area contributed by atoms with Crippen LogP contribution in [0.15, 0.2) is 14.5 Å². The van der Waals surface area contributed by atoms with Crippen LogP contribution >= 0.6 is 23.1 Å². The summed E-state index contributed by atoms with van der Waals surface area (Å²) in [6.07, 6.45) is 2.11. The van der Waals surface area contributed by atoms with Gasteiger partial charge in [-0.1, -0.05) is 0 Å². The summed E-state index contributed by atoms with van der Waals surface area (Å²) in [5, 5.41) is 5.61. The number of hydrogen-bond donors (Lipinski definition) is 1. The summed E-state index contributed by atoms with van der Waals surface area (Å²) < 4.78 is 45.9. The largest absolute Gasteiger partial charge is 0.385 e. The maximum absolute atomic E-state index is 11.7. The molecule has 2 N–H and O–H groups in total. The predicted octanol–water partition coefficient (Wildman–Crippen LogP) is 2.71. The van der Waals surface area contributed by atoms with Crippen molar-refractivity contribution in [2.24, 2.45) is 5.14 Å². The molecule has 0 saturated heterocycles. The zero-order chi connectivity index (χ0) is 18.4. The lowest BCUT2D eigenvalue weighted by Crippen LogP contribution is -2.20. The van der Waals surface area contributed by atoms with Gasteiger partial charge in [0.2, 0.25) is 10.0 Å². The third-order valence-electron chi connectivity index (χ3n) is 3.86. The molecule has 2 rings (SSSR count). The summed E-state index contributed by atoms with van der Waals surface area (Å²) in [4.78, 5) is 0. The van der Waals surface area contributed by atoms with Gasteiger partial charge in [-0.25, -0.2) is 13.6 Å². The summed E-state index contributed by atoms with van der Waals surface area (Å²) in [6.45, 7) is 2.56. The summed E-state index contributed by atoms with van der Waals surface area (Å²) in [5.74, 6) is 0. The maximum Gasteiger partial charge on any atom is 0.247 e. The lowest BCUT2D eigenvalue weighted by Gasteiger charge is -2.29. The molecule has 0 amide bonds. The lowest BCUT2D eigenvalue weighted by molar-refractivity contribution is -0.190. The molecule has 1 aromatic rings. The molecule has 0 bridgehead atoms. The maximum atomic E-state index is 11.7. The van der Waals surface area contributed by atoms with E-state index < -0.39 is 10.0 Å². The Morgan fingerprint density at radius 2 is 2.16 bits per heavy atom. The fourth-order valence-electron chi connectivity index (χ4n) is 2.46. The van der Waals surface area contributed by atoms with Crippen molar-refractivity contribution in [2.45, 2.75) is 52.2 Å². The Morgan fingerprint density at radius 1 is 1.40 bits per heavy atom. The van der Waals surface area contributed by atoms with Crippen LogP contribution in [0.4, 0.5) is 0 Å². The molecular weight excluding hydrogens is 386 g/mol. The van der Waals surface area contributed by atoms with Crippen molar-refractivity contribution in [1.29, 1.82) is 0 Å². The average molecular weight is 412 g/mol. The van der Waals surface area contributed by atoms with Crippen LogP contribution in [0.2, 0.25) is 0 Å². The quantitative estimate of drug-likeness (QED) is 0.467. The number of sulfonamides is 1. The Kier molecular flexibility index (Phi) is 8.15. The molecule has 1 aliphatic rings. The first-order valence-electron chi connectivity index (χ1n) is 7.93. The van der Waals surface area contributed by atoms with Gasteiger partial charge in [0.25, 0.3) is 0 Å². The van der Waals surface area contributed by atoms with Crippen molar-refractivity contribution in [1.82, 2.24) is 0 Å². The number of rotatable bonds is 10. The second kappa shape index (κ2) is 9.65. The molecule has 3 atom stereocenters. The van der Waals surface area contributed by atoms with Gasteiger partial charge in [-0.3, -0.25) is 0 Å². The second-order valence-corrected chi connectivity index (χ2v) is 10.1. The standard InChI is InChI=1S/C15H25NO6S3/c1-10(20-3)21-9-22-13-7-11(5-4-6-19-2)23-15-12(13)8-14(24-15)25(16,17)18/h8,10-11,13H,4-7,9H2,1-3H3,(H2,16,17,18). The number of thioether (sulfide) groups is 1. The van der Waals surface area contributed by atoms with Gasteiger partial charge in [0.15, 0.2) is 13.1 Å². The minimum absolute atomic E-state index is 0.0785. The highest BCUT2D eigenvalue weighted by Gasteiger charge is 2.32. The van der Waals surface area contributed by atoms with Crippen LogP contribution in [-0.2, 0) is 29.0 Å². The molecule has 144 valence electrons. The van der Waals surface area contributed by atoms with E-state index in [0.29, 0.717) is 11.9 Å². The highest BCUT2D eigenvalue weighted by Crippen LogP contribution is 2.48. The van der Waals surface area contributed by atoms with E-state index in [1.165, 1.54) is 11.3 Å². The zero-order valence-electron chi connectivity index (χ0n) is 14.6. The second-order valence-electron chi connectivity index (χ2n) is 5.71. The zero-order valence-corrected chi connectivity index (χ0v) is 17.0. The molecule has 1 aliphatic heterocycles.